The van der Waals surface area contributed by atoms with E-state index < -0.39 is 5.25 Å². The fourth-order valence-electron chi connectivity index (χ4n) is 2.77. The molecule has 1 atom stereocenters. The second kappa shape index (κ2) is 9.15. The van der Waals surface area contributed by atoms with Crippen LogP contribution in [0.25, 0.3) is 5.69 Å². The number of carbonyl (C=O) groups is 1. The van der Waals surface area contributed by atoms with E-state index in [0.29, 0.717) is 11.7 Å². The van der Waals surface area contributed by atoms with Crippen molar-refractivity contribution in [2.45, 2.75) is 30.7 Å². The average Bonchev–Trinajstić information content (AvgIpc) is 3.17. The molecule has 0 bridgehead atoms. The van der Waals surface area contributed by atoms with E-state index in [2.05, 4.69) is 21.6 Å². The summed E-state index contributed by atoms with van der Waals surface area (Å²) in [5.41, 5.74) is 2.68. The van der Waals surface area contributed by atoms with Crippen molar-refractivity contribution >= 4 is 23.4 Å². The zero-order valence-electron chi connectivity index (χ0n) is 15.7. The van der Waals surface area contributed by atoms with Crippen molar-refractivity contribution in [2.24, 2.45) is 0 Å². The third-order valence-corrected chi connectivity index (χ3v) is 5.22. The Kier molecular flexibility index (Phi) is 6.40. The predicted octanol–water partition coefficient (Wildman–Crippen LogP) is 3.40. The minimum Gasteiger partial charge on any atom is -0.310 e. The Morgan fingerprint density at radius 1 is 1.21 bits per heavy atom. The van der Waals surface area contributed by atoms with Gasteiger partial charge in [0, 0.05) is 12.2 Å². The van der Waals surface area contributed by atoms with Gasteiger partial charge in [-0.05, 0) is 48.0 Å². The van der Waals surface area contributed by atoms with Crippen LogP contribution in [0.2, 0.25) is 0 Å². The van der Waals surface area contributed by atoms with Crippen LogP contribution in [0.4, 0.5) is 5.69 Å². The van der Waals surface area contributed by atoms with E-state index in [9.17, 15) is 4.79 Å². The molecular formula is C20H20N6OS. The van der Waals surface area contributed by atoms with Crippen LogP contribution in [-0.2, 0) is 4.79 Å². The number of anilines is 1. The van der Waals surface area contributed by atoms with Gasteiger partial charge in [0.15, 0.2) is 0 Å². The van der Waals surface area contributed by atoms with E-state index in [1.165, 1.54) is 11.8 Å². The van der Waals surface area contributed by atoms with Gasteiger partial charge in [-0.1, -0.05) is 48.2 Å². The van der Waals surface area contributed by atoms with Gasteiger partial charge in [-0.3, -0.25) is 4.79 Å². The number of nitrogens with zero attached hydrogens (tertiary/aromatic N) is 6. The highest BCUT2D eigenvalue weighted by atomic mass is 32.2. The zero-order chi connectivity index (χ0) is 19.9. The molecule has 0 fully saturated rings. The van der Waals surface area contributed by atoms with E-state index in [1.807, 2.05) is 68.4 Å². The molecule has 142 valence electrons. The highest BCUT2D eigenvalue weighted by Gasteiger charge is 2.25. The lowest BCUT2D eigenvalue weighted by atomic mass is 10.2. The van der Waals surface area contributed by atoms with Gasteiger partial charge in [0.25, 0.3) is 0 Å². The summed E-state index contributed by atoms with van der Waals surface area (Å²) in [5, 5.41) is 21.0. The highest BCUT2D eigenvalue weighted by molar-refractivity contribution is 8.00. The lowest BCUT2D eigenvalue weighted by molar-refractivity contribution is -0.117. The summed E-state index contributed by atoms with van der Waals surface area (Å²) in [4.78, 5) is 14.7. The molecule has 28 heavy (non-hydrogen) atoms. The number of para-hydroxylation sites is 2. The van der Waals surface area contributed by atoms with Gasteiger partial charge < -0.3 is 4.90 Å². The minimum atomic E-state index is -0.423. The van der Waals surface area contributed by atoms with Crippen LogP contribution in [-0.4, -0.2) is 37.9 Å². The molecule has 0 radical (unpaired) electrons. The number of hydrogen-bond acceptors (Lipinski definition) is 6. The molecule has 1 aromatic heterocycles. The van der Waals surface area contributed by atoms with Crippen LogP contribution < -0.4 is 4.90 Å². The summed E-state index contributed by atoms with van der Waals surface area (Å²) in [7, 11) is 0. The fraction of sp³-hybridized carbons (Fsp3) is 0.250. The number of carbonyl (C=O) groups excluding carboxylic acids is 1. The number of nitriles is 1. The topological polar surface area (TPSA) is 87.7 Å². The maximum absolute atomic E-state index is 13.1. The second-order valence-electron chi connectivity index (χ2n) is 6.15. The molecule has 7 nitrogen and oxygen atoms in total. The molecule has 1 heterocycles. The molecule has 8 heteroatoms. The van der Waals surface area contributed by atoms with Crippen LogP contribution in [0.15, 0.2) is 59.8 Å². The first kappa shape index (κ1) is 19.6. The van der Waals surface area contributed by atoms with Gasteiger partial charge in [-0.25, -0.2) is 0 Å². The van der Waals surface area contributed by atoms with E-state index >= 15 is 0 Å². The monoisotopic (exact) mass is 392 g/mol. The lowest BCUT2D eigenvalue weighted by Crippen LogP contribution is -2.37. The van der Waals surface area contributed by atoms with E-state index in [4.69, 9.17) is 5.26 Å². The Bertz CT molecular complexity index is 982. The summed E-state index contributed by atoms with van der Waals surface area (Å²) >= 11 is 1.30. The predicted molar refractivity (Wildman–Crippen MR) is 108 cm³/mol. The van der Waals surface area contributed by atoms with Crippen LogP contribution in [0.3, 0.4) is 0 Å². The standard InChI is InChI=1S/C20H20N6OS/c1-15-9-6-7-12-18(15)26-20(22-23-24-26)28-16(2)19(27)25(14-8-13-21)17-10-4-3-5-11-17/h3-7,9-12,16H,8,14H2,1-2H3. The van der Waals surface area contributed by atoms with Gasteiger partial charge in [-0.15, -0.1) is 5.10 Å². The van der Waals surface area contributed by atoms with Gasteiger partial charge in [0.1, 0.15) is 0 Å². The largest absolute Gasteiger partial charge is 0.310 e. The first-order valence-corrected chi connectivity index (χ1v) is 9.74. The van der Waals surface area contributed by atoms with Crippen molar-refractivity contribution < 1.29 is 4.79 Å². The Balaban J connectivity index is 1.82. The number of thioether (sulfide) groups is 1. The Morgan fingerprint density at radius 3 is 2.64 bits per heavy atom. The molecule has 3 aromatic rings. The molecular weight excluding hydrogens is 372 g/mol. The Morgan fingerprint density at radius 2 is 1.93 bits per heavy atom. The number of aromatic nitrogens is 4. The van der Waals surface area contributed by atoms with Crippen molar-refractivity contribution in [1.82, 2.24) is 20.2 Å². The Hall–Kier alpha value is -3.18. The van der Waals surface area contributed by atoms with Gasteiger partial charge in [0.2, 0.25) is 11.1 Å². The molecule has 1 amide bonds. The molecule has 0 aliphatic carbocycles. The minimum absolute atomic E-state index is 0.0919. The molecule has 0 saturated carbocycles. The molecule has 0 spiro atoms. The van der Waals surface area contributed by atoms with E-state index in [1.54, 1.807) is 9.58 Å². The smallest absolute Gasteiger partial charge is 0.240 e. The SMILES string of the molecule is Cc1ccccc1-n1nnnc1SC(C)C(=O)N(CCC#N)c1ccccc1. The molecule has 0 aliphatic rings. The molecule has 0 N–H and O–H groups in total. The summed E-state index contributed by atoms with van der Waals surface area (Å²) in [6, 6.07) is 19.3. The first-order chi connectivity index (χ1) is 13.6. The third kappa shape index (κ3) is 4.38. The van der Waals surface area contributed by atoms with Crippen LogP contribution >= 0.6 is 11.8 Å². The van der Waals surface area contributed by atoms with Crippen molar-refractivity contribution in [1.29, 1.82) is 5.26 Å². The molecule has 2 aromatic carbocycles. The van der Waals surface area contributed by atoms with Gasteiger partial charge >= 0.3 is 0 Å². The quantitative estimate of drug-likeness (QED) is 0.573. The maximum atomic E-state index is 13.1. The van der Waals surface area contributed by atoms with Crippen LogP contribution in [0.1, 0.15) is 18.9 Å². The number of benzene rings is 2. The van der Waals surface area contributed by atoms with Gasteiger partial charge in [-0.2, -0.15) is 9.94 Å². The summed E-state index contributed by atoms with van der Waals surface area (Å²) in [5.74, 6) is -0.0919. The summed E-state index contributed by atoms with van der Waals surface area (Å²) in [6.45, 7) is 4.15. The van der Waals surface area contributed by atoms with Gasteiger partial charge in [0.05, 0.1) is 23.4 Å². The molecule has 3 rings (SSSR count). The van der Waals surface area contributed by atoms with Crippen molar-refractivity contribution in [3.8, 4) is 11.8 Å². The normalized spacial score (nSPS) is 11.6. The molecule has 0 saturated heterocycles. The molecule has 0 aliphatic heterocycles. The number of amides is 1. The third-order valence-electron chi connectivity index (χ3n) is 4.20. The van der Waals surface area contributed by atoms with Crippen molar-refractivity contribution in [3.05, 3.63) is 60.2 Å². The Labute approximate surface area is 168 Å². The molecule has 1 unspecified atom stereocenters. The number of aryl methyl sites for hydroxylation is 1. The summed E-state index contributed by atoms with van der Waals surface area (Å²) < 4.78 is 1.64. The van der Waals surface area contributed by atoms with Crippen LogP contribution in [0, 0.1) is 18.3 Å². The van der Waals surface area contributed by atoms with Crippen LogP contribution in [0.5, 0.6) is 0 Å². The first-order valence-electron chi connectivity index (χ1n) is 8.86. The van der Waals surface area contributed by atoms with Crippen molar-refractivity contribution in [2.75, 3.05) is 11.4 Å². The number of rotatable bonds is 7. The number of tetrazole rings is 1. The number of hydrogen-bond donors (Lipinski definition) is 0. The fourth-order valence-corrected chi connectivity index (χ4v) is 3.63. The van der Waals surface area contributed by atoms with E-state index in [0.717, 1.165) is 16.9 Å². The maximum Gasteiger partial charge on any atom is 0.240 e. The second-order valence-corrected chi connectivity index (χ2v) is 7.46. The zero-order valence-corrected chi connectivity index (χ0v) is 16.5. The van der Waals surface area contributed by atoms with Crippen molar-refractivity contribution in [3.63, 3.8) is 0 Å². The average molecular weight is 392 g/mol. The lowest BCUT2D eigenvalue weighted by Gasteiger charge is -2.24. The van der Waals surface area contributed by atoms with E-state index in [-0.39, 0.29) is 12.3 Å². The highest BCUT2D eigenvalue weighted by Crippen LogP contribution is 2.27. The summed E-state index contributed by atoms with van der Waals surface area (Å²) in [6.07, 6.45) is 0.263.